The van der Waals surface area contributed by atoms with Crippen molar-refractivity contribution < 1.29 is 19.4 Å². The summed E-state index contributed by atoms with van der Waals surface area (Å²) < 4.78 is 5.01. The molecule has 0 aliphatic carbocycles. The summed E-state index contributed by atoms with van der Waals surface area (Å²) in [5.41, 5.74) is 1.96. The zero-order valence-corrected chi connectivity index (χ0v) is 11.4. The maximum absolute atomic E-state index is 12.0. The molecule has 21 heavy (non-hydrogen) atoms. The second kappa shape index (κ2) is 6.51. The van der Waals surface area contributed by atoms with Crippen molar-refractivity contribution >= 4 is 17.6 Å². The van der Waals surface area contributed by atoms with Crippen molar-refractivity contribution in [2.24, 2.45) is 0 Å². The Morgan fingerprint density at radius 1 is 1.24 bits per heavy atom. The molecular weight excluding hydrogens is 272 g/mol. The van der Waals surface area contributed by atoms with Gasteiger partial charge in [0.1, 0.15) is 5.75 Å². The van der Waals surface area contributed by atoms with Crippen molar-refractivity contribution in [3.05, 3.63) is 53.9 Å². The number of carbonyl (C=O) groups excluding carboxylic acids is 1. The van der Waals surface area contributed by atoms with Gasteiger partial charge in [-0.15, -0.1) is 0 Å². The van der Waals surface area contributed by atoms with E-state index >= 15 is 0 Å². The quantitative estimate of drug-likeness (QED) is 0.878. The molecule has 0 bridgehead atoms. The highest BCUT2D eigenvalue weighted by molar-refractivity contribution is 6.04. The average Bonchev–Trinajstić information content (AvgIpc) is 2.46. The Labute approximate surface area is 121 Å². The Morgan fingerprint density at radius 3 is 2.57 bits per heavy atom. The minimum atomic E-state index is -1.04. The first-order valence-corrected chi connectivity index (χ1v) is 6.22. The minimum Gasteiger partial charge on any atom is -0.482 e. The van der Waals surface area contributed by atoms with Gasteiger partial charge in [0.05, 0.1) is 5.56 Å². The molecule has 6 heteroatoms. The zero-order valence-electron chi connectivity index (χ0n) is 11.4. The number of carboxylic acid groups (broad SMARTS) is 1. The molecule has 0 aliphatic rings. The topological polar surface area (TPSA) is 88.5 Å². The maximum atomic E-state index is 12.0. The predicted octanol–water partition coefficient (Wildman–Crippen LogP) is 2.11. The Hall–Kier alpha value is -2.89. The van der Waals surface area contributed by atoms with Crippen LogP contribution in [0.2, 0.25) is 0 Å². The zero-order chi connectivity index (χ0) is 15.2. The van der Waals surface area contributed by atoms with Gasteiger partial charge in [-0.1, -0.05) is 0 Å². The van der Waals surface area contributed by atoms with Gasteiger partial charge < -0.3 is 15.2 Å². The van der Waals surface area contributed by atoms with E-state index in [1.165, 1.54) is 6.20 Å². The maximum Gasteiger partial charge on any atom is 0.341 e. The van der Waals surface area contributed by atoms with Gasteiger partial charge >= 0.3 is 5.97 Å². The van der Waals surface area contributed by atoms with Crippen molar-refractivity contribution in [2.45, 2.75) is 6.92 Å². The summed E-state index contributed by atoms with van der Waals surface area (Å²) >= 11 is 0. The SMILES string of the molecule is Cc1cncc(C(=O)Nc2ccc(OCC(=O)O)cc2)c1. The number of benzene rings is 1. The summed E-state index contributed by atoms with van der Waals surface area (Å²) in [4.78, 5) is 26.4. The smallest absolute Gasteiger partial charge is 0.341 e. The number of hydrogen-bond donors (Lipinski definition) is 2. The number of aliphatic carboxylic acids is 1. The molecule has 1 amide bonds. The number of pyridine rings is 1. The lowest BCUT2D eigenvalue weighted by Gasteiger charge is -2.07. The summed E-state index contributed by atoms with van der Waals surface area (Å²) in [5.74, 6) is -0.877. The number of amides is 1. The number of aryl methyl sites for hydroxylation is 1. The number of ether oxygens (including phenoxy) is 1. The first-order chi connectivity index (χ1) is 10.0. The molecule has 0 saturated heterocycles. The van der Waals surface area contributed by atoms with Crippen molar-refractivity contribution in [2.75, 3.05) is 11.9 Å². The van der Waals surface area contributed by atoms with Gasteiger partial charge in [0.25, 0.3) is 5.91 Å². The van der Waals surface area contributed by atoms with Gasteiger partial charge in [-0.2, -0.15) is 0 Å². The largest absolute Gasteiger partial charge is 0.482 e. The fourth-order valence-electron chi connectivity index (χ4n) is 1.66. The molecule has 0 spiro atoms. The summed E-state index contributed by atoms with van der Waals surface area (Å²) in [6.07, 6.45) is 3.16. The fourth-order valence-corrected chi connectivity index (χ4v) is 1.66. The number of carboxylic acids is 1. The Kier molecular flexibility index (Phi) is 4.50. The molecule has 0 saturated carbocycles. The van der Waals surface area contributed by atoms with Crippen LogP contribution in [0.3, 0.4) is 0 Å². The van der Waals surface area contributed by atoms with Gasteiger partial charge in [0.15, 0.2) is 6.61 Å². The normalized spacial score (nSPS) is 9.95. The van der Waals surface area contributed by atoms with Crippen molar-refractivity contribution in [3.63, 3.8) is 0 Å². The average molecular weight is 286 g/mol. The molecule has 0 aliphatic heterocycles. The molecule has 1 heterocycles. The van der Waals surface area contributed by atoms with Gasteiger partial charge in [-0.25, -0.2) is 4.79 Å². The minimum absolute atomic E-state index is 0.259. The van der Waals surface area contributed by atoms with Gasteiger partial charge in [0, 0.05) is 18.1 Å². The first-order valence-electron chi connectivity index (χ1n) is 6.22. The molecule has 6 nitrogen and oxygen atoms in total. The number of nitrogens with zero attached hydrogens (tertiary/aromatic N) is 1. The molecule has 0 atom stereocenters. The predicted molar refractivity (Wildman–Crippen MR) is 76.5 cm³/mol. The summed E-state index contributed by atoms with van der Waals surface area (Å²) in [5, 5.41) is 11.2. The van der Waals surface area contributed by atoms with Crippen molar-refractivity contribution in [3.8, 4) is 5.75 Å². The van der Waals surface area contributed by atoms with Crippen LogP contribution in [0.4, 0.5) is 5.69 Å². The van der Waals surface area contributed by atoms with E-state index < -0.39 is 12.6 Å². The van der Waals surface area contributed by atoms with E-state index in [0.717, 1.165) is 5.56 Å². The van der Waals surface area contributed by atoms with E-state index in [0.29, 0.717) is 17.0 Å². The third kappa shape index (κ3) is 4.31. The molecule has 1 aromatic carbocycles. The number of nitrogens with one attached hydrogen (secondary N) is 1. The second-order valence-corrected chi connectivity index (χ2v) is 4.41. The molecule has 2 N–H and O–H groups in total. The van der Waals surface area contributed by atoms with Crippen LogP contribution in [-0.4, -0.2) is 28.6 Å². The number of carbonyl (C=O) groups is 2. The van der Waals surface area contributed by atoms with Crippen LogP contribution in [-0.2, 0) is 4.79 Å². The van der Waals surface area contributed by atoms with Gasteiger partial charge in [-0.05, 0) is 42.8 Å². The van der Waals surface area contributed by atoms with Crippen molar-refractivity contribution in [1.82, 2.24) is 4.98 Å². The number of anilines is 1. The van der Waals surface area contributed by atoms with Gasteiger partial charge in [0.2, 0.25) is 0 Å². The lowest BCUT2D eigenvalue weighted by Crippen LogP contribution is -2.12. The molecule has 0 unspecified atom stereocenters. The van der Waals surface area contributed by atoms with E-state index in [2.05, 4.69) is 10.3 Å². The van der Waals surface area contributed by atoms with Crippen molar-refractivity contribution in [1.29, 1.82) is 0 Å². The van der Waals surface area contributed by atoms with Crippen LogP contribution >= 0.6 is 0 Å². The molecule has 108 valence electrons. The van der Waals surface area contributed by atoms with E-state index in [1.54, 1.807) is 36.5 Å². The molecule has 2 aromatic rings. The standard InChI is InChI=1S/C15H14N2O4/c1-10-6-11(8-16-7-10)15(20)17-12-2-4-13(5-3-12)21-9-14(18)19/h2-8H,9H2,1H3,(H,17,20)(H,18,19). The Balaban J connectivity index is 2.00. The third-order valence-electron chi connectivity index (χ3n) is 2.61. The molecular formula is C15H14N2O4. The Bertz CT molecular complexity index is 653. The van der Waals surface area contributed by atoms with Crippen LogP contribution in [0.1, 0.15) is 15.9 Å². The summed E-state index contributed by atoms with van der Waals surface area (Å²) in [6, 6.07) is 8.20. The molecule has 2 rings (SSSR count). The van der Waals surface area contributed by atoms with Crippen LogP contribution in [0.25, 0.3) is 0 Å². The highest BCUT2D eigenvalue weighted by Gasteiger charge is 2.07. The van der Waals surface area contributed by atoms with E-state index in [4.69, 9.17) is 9.84 Å². The van der Waals surface area contributed by atoms with Crippen LogP contribution < -0.4 is 10.1 Å². The first kappa shape index (κ1) is 14.5. The molecule has 0 radical (unpaired) electrons. The molecule has 1 aromatic heterocycles. The number of hydrogen-bond acceptors (Lipinski definition) is 4. The number of rotatable bonds is 5. The lowest BCUT2D eigenvalue weighted by atomic mass is 10.2. The third-order valence-corrected chi connectivity index (χ3v) is 2.61. The van der Waals surface area contributed by atoms with Crippen LogP contribution in [0, 0.1) is 6.92 Å². The summed E-state index contributed by atoms with van der Waals surface area (Å²) in [7, 11) is 0. The lowest BCUT2D eigenvalue weighted by molar-refractivity contribution is -0.139. The second-order valence-electron chi connectivity index (χ2n) is 4.41. The summed E-state index contributed by atoms with van der Waals surface area (Å²) in [6.45, 7) is 1.46. The highest BCUT2D eigenvalue weighted by atomic mass is 16.5. The highest BCUT2D eigenvalue weighted by Crippen LogP contribution is 2.16. The number of aromatic nitrogens is 1. The van der Waals surface area contributed by atoms with E-state index in [9.17, 15) is 9.59 Å². The fraction of sp³-hybridized carbons (Fsp3) is 0.133. The van der Waals surface area contributed by atoms with E-state index in [1.807, 2.05) is 6.92 Å². The van der Waals surface area contributed by atoms with Crippen LogP contribution in [0.15, 0.2) is 42.7 Å². The Morgan fingerprint density at radius 2 is 1.95 bits per heavy atom. The van der Waals surface area contributed by atoms with E-state index in [-0.39, 0.29) is 5.91 Å². The molecule has 0 fully saturated rings. The van der Waals surface area contributed by atoms with Crippen LogP contribution in [0.5, 0.6) is 5.75 Å². The van der Waals surface area contributed by atoms with Gasteiger partial charge in [-0.3, -0.25) is 9.78 Å². The monoisotopic (exact) mass is 286 g/mol.